The van der Waals surface area contributed by atoms with Crippen LogP contribution in [0.3, 0.4) is 0 Å². The maximum atomic E-state index is 12.6. The summed E-state index contributed by atoms with van der Waals surface area (Å²) in [5.74, 6) is 0.453. The Bertz CT molecular complexity index is 1250. The van der Waals surface area contributed by atoms with E-state index in [4.69, 9.17) is 19.9 Å². The van der Waals surface area contributed by atoms with Crippen molar-refractivity contribution >= 4 is 21.9 Å². The molecule has 1 atom stereocenters. The van der Waals surface area contributed by atoms with Crippen molar-refractivity contribution in [2.45, 2.75) is 12.8 Å². The Morgan fingerprint density at radius 2 is 1.91 bits per heavy atom. The molecule has 2 N–H and O–H groups in total. The van der Waals surface area contributed by atoms with Crippen molar-refractivity contribution in [1.29, 1.82) is 5.26 Å². The van der Waals surface area contributed by atoms with Gasteiger partial charge in [-0.2, -0.15) is 5.26 Å². The van der Waals surface area contributed by atoms with Crippen molar-refractivity contribution in [2.75, 3.05) is 6.61 Å². The molecule has 0 saturated heterocycles. The van der Waals surface area contributed by atoms with Crippen molar-refractivity contribution in [3.05, 3.63) is 99.3 Å². The van der Waals surface area contributed by atoms with E-state index in [1.807, 2.05) is 31.2 Å². The number of esters is 1. The van der Waals surface area contributed by atoms with Gasteiger partial charge in [-0.3, -0.25) is 0 Å². The van der Waals surface area contributed by atoms with Crippen molar-refractivity contribution in [3.8, 4) is 23.3 Å². The molecule has 1 unspecified atom stereocenters. The van der Waals surface area contributed by atoms with E-state index in [0.29, 0.717) is 35.0 Å². The molecule has 160 valence electrons. The molecule has 0 radical (unpaired) electrons. The molecule has 0 spiro atoms. The van der Waals surface area contributed by atoms with Gasteiger partial charge in [0.05, 0.1) is 18.1 Å². The number of benzene rings is 3. The van der Waals surface area contributed by atoms with Gasteiger partial charge in [0, 0.05) is 16.1 Å². The highest BCUT2D eigenvalue weighted by Gasteiger charge is 2.31. The summed E-state index contributed by atoms with van der Waals surface area (Å²) in [6, 6.07) is 21.7. The molecule has 7 heteroatoms. The Labute approximate surface area is 194 Å². The second-order valence-electron chi connectivity index (χ2n) is 7.03. The highest BCUT2D eigenvalue weighted by atomic mass is 79.9. The lowest BCUT2D eigenvalue weighted by Crippen LogP contribution is -2.21. The van der Waals surface area contributed by atoms with Crippen LogP contribution in [-0.2, 0) is 0 Å². The molecule has 0 fully saturated rings. The minimum Gasteiger partial charge on any atom is -0.494 e. The third kappa shape index (κ3) is 4.32. The quantitative estimate of drug-likeness (QED) is 0.385. The number of fused-ring (bicyclic) bond motifs is 1. The molecule has 4 rings (SSSR count). The maximum Gasteiger partial charge on any atom is 0.343 e. The molecule has 3 aromatic carbocycles. The van der Waals surface area contributed by atoms with Crippen LogP contribution in [0.1, 0.15) is 34.3 Å². The molecule has 1 aliphatic rings. The number of hydrogen-bond donors (Lipinski definition) is 1. The summed E-state index contributed by atoms with van der Waals surface area (Å²) in [7, 11) is 0. The number of nitrogens with zero attached hydrogens (tertiary/aromatic N) is 1. The average Bonchev–Trinajstić information content (AvgIpc) is 2.79. The Hall–Kier alpha value is -3.76. The summed E-state index contributed by atoms with van der Waals surface area (Å²) in [5, 5.41) is 9.68. The highest BCUT2D eigenvalue weighted by Crippen LogP contribution is 2.43. The maximum absolute atomic E-state index is 12.6. The predicted octanol–water partition coefficient (Wildman–Crippen LogP) is 5.29. The van der Waals surface area contributed by atoms with Crippen LogP contribution in [0.25, 0.3) is 0 Å². The number of nitrogens with two attached hydrogens (primary N) is 1. The van der Waals surface area contributed by atoms with Gasteiger partial charge in [-0.15, -0.1) is 0 Å². The van der Waals surface area contributed by atoms with Gasteiger partial charge in [0.2, 0.25) is 5.88 Å². The summed E-state index contributed by atoms with van der Waals surface area (Å²) < 4.78 is 17.6. The molecule has 0 aromatic heterocycles. The number of ether oxygens (including phenoxy) is 3. The van der Waals surface area contributed by atoms with Crippen LogP contribution in [0.15, 0.2) is 82.7 Å². The Kier molecular flexibility index (Phi) is 6.15. The van der Waals surface area contributed by atoms with Gasteiger partial charge in [-0.05, 0) is 48.9 Å². The van der Waals surface area contributed by atoms with E-state index in [-0.39, 0.29) is 11.8 Å². The van der Waals surface area contributed by atoms with Crippen molar-refractivity contribution in [2.24, 2.45) is 5.73 Å². The number of hydrogen-bond acceptors (Lipinski definition) is 6. The molecule has 0 bridgehead atoms. The van der Waals surface area contributed by atoms with Crippen LogP contribution in [-0.4, -0.2) is 12.6 Å². The van der Waals surface area contributed by atoms with E-state index in [1.165, 1.54) is 0 Å². The topological polar surface area (TPSA) is 94.6 Å². The van der Waals surface area contributed by atoms with E-state index in [9.17, 15) is 10.1 Å². The third-order valence-corrected chi connectivity index (χ3v) is 5.51. The smallest absolute Gasteiger partial charge is 0.343 e. The van der Waals surface area contributed by atoms with E-state index in [1.54, 1.807) is 42.5 Å². The van der Waals surface area contributed by atoms with Crippen LogP contribution in [0.2, 0.25) is 0 Å². The van der Waals surface area contributed by atoms with Gasteiger partial charge < -0.3 is 19.9 Å². The van der Waals surface area contributed by atoms with Crippen molar-refractivity contribution < 1.29 is 19.0 Å². The minimum atomic E-state index is -0.520. The standard InChI is InChI=1S/C25H19BrN2O4/c1-2-30-18-5-3-4-16(12-18)25(29)31-19-10-11-20-22(13-19)32-24(28)21(14-27)23(20)15-6-8-17(26)9-7-15/h3-13,23H,2,28H2,1H3. The summed E-state index contributed by atoms with van der Waals surface area (Å²) in [6.45, 7) is 2.37. The first-order chi connectivity index (χ1) is 15.5. The lowest BCUT2D eigenvalue weighted by molar-refractivity contribution is 0.0734. The molecular weight excluding hydrogens is 472 g/mol. The number of carbonyl (C=O) groups is 1. The third-order valence-electron chi connectivity index (χ3n) is 4.99. The average molecular weight is 491 g/mol. The fourth-order valence-electron chi connectivity index (χ4n) is 3.54. The normalized spacial score (nSPS) is 14.7. The fraction of sp³-hybridized carbons (Fsp3) is 0.120. The summed E-state index contributed by atoms with van der Waals surface area (Å²) >= 11 is 3.43. The number of nitriles is 1. The second kappa shape index (κ2) is 9.16. The lowest BCUT2D eigenvalue weighted by atomic mass is 9.83. The van der Waals surface area contributed by atoms with Crippen LogP contribution >= 0.6 is 15.9 Å². The summed E-state index contributed by atoms with van der Waals surface area (Å²) in [6.07, 6.45) is 0. The number of halogens is 1. The number of rotatable bonds is 5. The summed E-state index contributed by atoms with van der Waals surface area (Å²) in [5.41, 5.74) is 8.41. The van der Waals surface area contributed by atoms with Gasteiger partial charge in [0.15, 0.2) is 0 Å². The van der Waals surface area contributed by atoms with Crippen molar-refractivity contribution in [1.82, 2.24) is 0 Å². The summed E-state index contributed by atoms with van der Waals surface area (Å²) in [4.78, 5) is 12.6. The number of carbonyl (C=O) groups excluding carboxylic acids is 1. The van der Waals surface area contributed by atoms with Gasteiger partial charge in [0.25, 0.3) is 0 Å². The van der Waals surface area contributed by atoms with E-state index in [2.05, 4.69) is 22.0 Å². The Balaban J connectivity index is 1.64. The second-order valence-corrected chi connectivity index (χ2v) is 7.94. The molecule has 32 heavy (non-hydrogen) atoms. The molecule has 1 heterocycles. The molecule has 0 aliphatic carbocycles. The minimum absolute atomic E-state index is 0.0285. The van der Waals surface area contributed by atoms with Crippen LogP contribution in [0.5, 0.6) is 17.2 Å². The van der Waals surface area contributed by atoms with Gasteiger partial charge in [-0.25, -0.2) is 4.79 Å². The Morgan fingerprint density at radius 1 is 1.12 bits per heavy atom. The monoisotopic (exact) mass is 490 g/mol. The van der Waals surface area contributed by atoms with E-state index in [0.717, 1.165) is 15.6 Å². The number of allylic oxidation sites excluding steroid dienone is 1. The highest BCUT2D eigenvalue weighted by molar-refractivity contribution is 9.10. The lowest BCUT2D eigenvalue weighted by Gasteiger charge is -2.26. The first kappa shape index (κ1) is 21.5. The Morgan fingerprint density at radius 3 is 2.62 bits per heavy atom. The molecule has 6 nitrogen and oxygen atoms in total. The van der Waals surface area contributed by atoms with Gasteiger partial charge in [-0.1, -0.05) is 40.2 Å². The SMILES string of the molecule is CCOc1cccc(C(=O)Oc2ccc3c(c2)OC(N)=C(C#N)C3c2ccc(Br)cc2)c1. The van der Waals surface area contributed by atoms with Crippen LogP contribution in [0, 0.1) is 11.3 Å². The van der Waals surface area contributed by atoms with Gasteiger partial charge >= 0.3 is 5.97 Å². The molecule has 0 amide bonds. The molecule has 1 aliphatic heterocycles. The zero-order chi connectivity index (χ0) is 22.7. The predicted molar refractivity (Wildman–Crippen MR) is 122 cm³/mol. The fourth-order valence-corrected chi connectivity index (χ4v) is 3.81. The zero-order valence-corrected chi connectivity index (χ0v) is 18.8. The molecule has 0 saturated carbocycles. The zero-order valence-electron chi connectivity index (χ0n) is 17.2. The van der Waals surface area contributed by atoms with E-state index >= 15 is 0 Å². The first-order valence-electron chi connectivity index (χ1n) is 9.92. The van der Waals surface area contributed by atoms with Crippen molar-refractivity contribution in [3.63, 3.8) is 0 Å². The largest absolute Gasteiger partial charge is 0.494 e. The van der Waals surface area contributed by atoms with E-state index < -0.39 is 5.97 Å². The van der Waals surface area contributed by atoms with Gasteiger partial charge in [0.1, 0.15) is 28.9 Å². The van der Waals surface area contributed by atoms with Crippen LogP contribution < -0.4 is 19.9 Å². The first-order valence-corrected chi connectivity index (χ1v) is 10.7. The molecule has 3 aromatic rings. The molecular formula is C25H19BrN2O4. The van der Waals surface area contributed by atoms with Crippen LogP contribution in [0.4, 0.5) is 0 Å².